The molecule has 0 unspecified atom stereocenters. The van der Waals surface area contributed by atoms with Gasteiger partial charge in [-0.15, -0.1) is 0 Å². The number of carbonyl (C=O) groups excluding carboxylic acids is 1. The first kappa shape index (κ1) is 15.0. The second kappa shape index (κ2) is 6.79. The van der Waals surface area contributed by atoms with E-state index in [0.29, 0.717) is 12.1 Å². The number of amides is 1. The lowest BCUT2D eigenvalue weighted by molar-refractivity contribution is -0.387. The number of rotatable bonds is 6. The highest BCUT2D eigenvalue weighted by atomic mass is 19.1. The average Bonchev–Trinajstić information content (AvgIpc) is 2.37. The molecule has 0 atom stereocenters. The van der Waals surface area contributed by atoms with Gasteiger partial charge in [-0.05, 0) is 18.6 Å². The number of hydrogen-bond acceptors (Lipinski definition) is 4. The lowest BCUT2D eigenvalue weighted by Crippen LogP contribution is -2.35. The number of benzene rings is 1. The zero-order chi connectivity index (χ0) is 14.4. The van der Waals surface area contributed by atoms with Gasteiger partial charge in [-0.25, -0.2) is 0 Å². The van der Waals surface area contributed by atoms with Crippen molar-refractivity contribution >= 4 is 11.6 Å². The largest absolute Gasteiger partial charge is 0.345 e. The number of nitro benzene ring substituents is 1. The number of nitrogens with one attached hydrogen (secondary N) is 1. The summed E-state index contributed by atoms with van der Waals surface area (Å²) in [5, 5.41) is 13.3. The summed E-state index contributed by atoms with van der Waals surface area (Å²) in [5.74, 6) is -0.939. The van der Waals surface area contributed by atoms with E-state index in [-0.39, 0.29) is 19.0 Å². The normalized spacial score (nSPS) is 10.3. The lowest BCUT2D eigenvalue weighted by Gasteiger charge is -2.14. The van der Waals surface area contributed by atoms with Crippen molar-refractivity contribution in [3.8, 4) is 0 Å². The Hall–Kier alpha value is -2.02. The number of likely N-dealkylation sites (N-methyl/N-ethyl adjacent to an activating group) is 1. The first-order valence-corrected chi connectivity index (χ1v) is 5.83. The molecule has 0 heterocycles. The summed E-state index contributed by atoms with van der Waals surface area (Å²) in [5.41, 5.74) is 0.000550. The van der Waals surface area contributed by atoms with E-state index in [0.717, 1.165) is 12.1 Å². The van der Waals surface area contributed by atoms with E-state index in [1.54, 1.807) is 11.9 Å². The van der Waals surface area contributed by atoms with E-state index in [9.17, 15) is 19.3 Å². The molecular formula is C12H16FN3O3. The van der Waals surface area contributed by atoms with Crippen molar-refractivity contribution in [3.63, 3.8) is 0 Å². The van der Waals surface area contributed by atoms with Crippen LogP contribution in [0.15, 0.2) is 18.2 Å². The van der Waals surface area contributed by atoms with Crippen molar-refractivity contribution in [3.05, 3.63) is 39.7 Å². The topological polar surface area (TPSA) is 75.5 Å². The van der Waals surface area contributed by atoms with E-state index in [4.69, 9.17) is 0 Å². The van der Waals surface area contributed by atoms with Gasteiger partial charge in [-0.3, -0.25) is 14.9 Å². The summed E-state index contributed by atoms with van der Waals surface area (Å²) in [6, 6.07) is 3.67. The second-order valence-corrected chi connectivity index (χ2v) is 4.05. The quantitative estimate of drug-likeness (QED) is 0.624. The molecule has 6 nitrogen and oxygen atoms in total. The predicted molar refractivity (Wildman–Crippen MR) is 68.1 cm³/mol. The standard InChI is InChI=1S/C12H16FN3O3/c1-3-15(2)12(17)8-14-7-9-4-5-11(16(18)19)10(13)6-9/h4-6,14H,3,7-8H2,1-2H3. The minimum atomic E-state index is -0.874. The molecule has 19 heavy (non-hydrogen) atoms. The molecular weight excluding hydrogens is 253 g/mol. The summed E-state index contributed by atoms with van der Waals surface area (Å²) in [7, 11) is 1.69. The number of carbonyl (C=O) groups is 1. The van der Waals surface area contributed by atoms with Crippen LogP contribution in [0, 0.1) is 15.9 Å². The van der Waals surface area contributed by atoms with Gasteiger partial charge in [0.05, 0.1) is 11.5 Å². The molecule has 104 valence electrons. The van der Waals surface area contributed by atoms with E-state index >= 15 is 0 Å². The zero-order valence-corrected chi connectivity index (χ0v) is 10.9. The molecule has 1 N–H and O–H groups in total. The first-order chi connectivity index (χ1) is 8.95. The molecule has 1 aromatic rings. The molecule has 0 bridgehead atoms. The Balaban J connectivity index is 2.53. The monoisotopic (exact) mass is 269 g/mol. The number of hydrogen-bond donors (Lipinski definition) is 1. The van der Waals surface area contributed by atoms with Crippen LogP contribution in [0.3, 0.4) is 0 Å². The smallest absolute Gasteiger partial charge is 0.304 e. The zero-order valence-electron chi connectivity index (χ0n) is 10.9. The average molecular weight is 269 g/mol. The number of nitrogens with zero attached hydrogens (tertiary/aromatic N) is 2. The van der Waals surface area contributed by atoms with Crippen LogP contribution >= 0.6 is 0 Å². The third kappa shape index (κ3) is 4.29. The molecule has 7 heteroatoms. The highest BCUT2D eigenvalue weighted by molar-refractivity contribution is 5.77. The second-order valence-electron chi connectivity index (χ2n) is 4.05. The van der Waals surface area contributed by atoms with Gasteiger partial charge in [-0.2, -0.15) is 4.39 Å². The van der Waals surface area contributed by atoms with Gasteiger partial charge in [0.15, 0.2) is 0 Å². The Morgan fingerprint density at radius 1 is 1.53 bits per heavy atom. The molecule has 0 aliphatic heterocycles. The van der Waals surface area contributed by atoms with Crippen molar-refractivity contribution < 1.29 is 14.1 Å². The Labute approximate surface area is 110 Å². The Morgan fingerprint density at radius 3 is 2.74 bits per heavy atom. The van der Waals surface area contributed by atoms with E-state index in [1.807, 2.05) is 6.92 Å². The van der Waals surface area contributed by atoms with Crippen LogP contribution in [0.2, 0.25) is 0 Å². The maximum absolute atomic E-state index is 13.3. The minimum Gasteiger partial charge on any atom is -0.345 e. The van der Waals surface area contributed by atoms with Crippen molar-refractivity contribution in [2.75, 3.05) is 20.1 Å². The van der Waals surface area contributed by atoms with Crippen LogP contribution in [-0.2, 0) is 11.3 Å². The van der Waals surface area contributed by atoms with Gasteiger partial charge in [-0.1, -0.05) is 6.07 Å². The van der Waals surface area contributed by atoms with E-state index in [2.05, 4.69) is 5.32 Å². The van der Waals surface area contributed by atoms with Gasteiger partial charge in [0.25, 0.3) is 0 Å². The Kier molecular flexibility index (Phi) is 5.37. The van der Waals surface area contributed by atoms with Crippen molar-refractivity contribution in [2.45, 2.75) is 13.5 Å². The molecule has 0 fully saturated rings. The van der Waals surface area contributed by atoms with Crippen molar-refractivity contribution in [1.82, 2.24) is 10.2 Å². The highest BCUT2D eigenvalue weighted by Crippen LogP contribution is 2.17. The maximum atomic E-state index is 13.3. The number of halogens is 1. The van der Waals surface area contributed by atoms with E-state index < -0.39 is 16.4 Å². The summed E-state index contributed by atoms with van der Waals surface area (Å²) >= 11 is 0. The molecule has 1 rings (SSSR count). The van der Waals surface area contributed by atoms with Crippen LogP contribution in [-0.4, -0.2) is 35.9 Å². The molecule has 0 saturated heterocycles. The fourth-order valence-electron chi connectivity index (χ4n) is 1.43. The molecule has 0 aliphatic carbocycles. The SMILES string of the molecule is CCN(C)C(=O)CNCc1ccc([N+](=O)[O-])c(F)c1. The van der Waals surface area contributed by atoms with Gasteiger partial charge in [0.1, 0.15) is 0 Å². The maximum Gasteiger partial charge on any atom is 0.304 e. The van der Waals surface area contributed by atoms with Crippen molar-refractivity contribution in [2.24, 2.45) is 0 Å². The van der Waals surface area contributed by atoms with Crippen LogP contribution in [0.5, 0.6) is 0 Å². The van der Waals surface area contributed by atoms with Crippen LogP contribution in [0.4, 0.5) is 10.1 Å². The van der Waals surface area contributed by atoms with Crippen molar-refractivity contribution in [1.29, 1.82) is 0 Å². The predicted octanol–water partition coefficient (Wildman–Crippen LogP) is 1.30. The summed E-state index contributed by atoms with van der Waals surface area (Å²) in [6.07, 6.45) is 0. The molecule has 0 saturated carbocycles. The van der Waals surface area contributed by atoms with E-state index in [1.165, 1.54) is 6.07 Å². The molecule has 0 aliphatic rings. The van der Waals surface area contributed by atoms with Gasteiger partial charge >= 0.3 is 5.69 Å². The third-order valence-corrected chi connectivity index (χ3v) is 2.71. The number of nitro groups is 1. The van der Waals surface area contributed by atoms with Gasteiger partial charge < -0.3 is 10.2 Å². The molecule has 1 aromatic carbocycles. The summed E-state index contributed by atoms with van der Waals surface area (Å²) in [6.45, 7) is 2.90. The summed E-state index contributed by atoms with van der Waals surface area (Å²) in [4.78, 5) is 22.7. The minimum absolute atomic E-state index is 0.0649. The fraction of sp³-hybridized carbons (Fsp3) is 0.417. The van der Waals surface area contributed by atoms with Crippen LogP contribution in [0.1, 0.15) is 12.5 Å². The molecule has 0 aromatic heterocycles. The van der Waals surface area contributed by atoms with Crippen LogP contribution in [0.25, 0.3) is 0 Å². The first-order valence-electron chi connectivity index (χ1n) is 5.83. The van der Waals surface area contributed by atoms with Gasteiger partial charge in [0, 0.05) is 26.2 Å². The molecule has 0 radical (unpaired) electrons. The Morgan fingerprint density at radius 2 is 2.21 bits per heavy atom. The lowest BCUT2D eigenvalue weighted by atomic mass is 10.2. The fourth-order valence-corrected chi connectivity index (χ4v) is 1.43. The Bertz CT molecular complexity index is 479. The summed E-state index contributed by atoms with van der Waals surface area (Å²) < 4.78 is 13.3. The molecule has 1 amide bonds. The van der Waals surface area contributed by atoms with Crippen LogP contribution < -0.4 is 5.32 Å². The highest BCUT2D eigenvalue weighted by Gasteiger charge is 2.13. The third-order valence-electron chi connectivity index (χ3n) is 2.71. The molecule has 0 spiro atoms. The van der Waals surface area contributed by atoms with Gasteiger partial charge in [0.2, 0.25) is 11.7 Å².